The van der Waals surface area contributed by atoms with Gasteiger partial charge in [-0.15, -0.1) is 0 Å². The fourth-order valence-electron chi connectivity index (χ4n) is 3.94. The predicted molar refractivity (Wildman–Crippen MR) is 100 cm³/mol. The Kier molecular flexibility index (Phi) is 8.16. The molecule has 0 saturated carbocycles. The van der Waals surface area contributed by atoms with Crippen LogP contribution in [0.5, 0.6) is 0 Å². The average Bonchev–Trinajstić information content (AvgIpc) is 2.65. The number of amides is 2. The molecule has 6 nitrogen and oxygen atoms in total. The molecular formula is C19H36N4O2. The fraction of sp³-hybridized carbons (Fsp3) is 0.895. The van der Waals surface area contributed by atoms with Gasteiger partial charge in [0.1, 0.15) is 0 Å². The van der Waals surface area contributed by atoms with E-state index in [1.54, 1.807) is 0 Å². The number of rotatable bonds is 7. The molecule has 0 bridgehead atoms. The van der Waals surface area contributed by atoms with Crippen molar-refractivity contribution in [3.8, 4) is 0 Å². The number of carbonyl (C=O) groups is 2. The first-order chi connectivity index (χ1) is 12.1. The molecule has 2 fully saturated rings. The predicted octanol–water partition coefficient (Wildman–Crippen LogP) is 1.31. The topological polar surface area (TPSA) is 55.9 Å². The highest BCUT2D eigenvalue weighted by atomic mass is 16.2. The summed E-state index contributed by atoms with van der Waals surface area (Å²) in [5.74, 6) is 0.402. The van der Waals surface area contributed by atoms with E-state index in [1.807, 2.05) is 6.92 Å². The van der Waals surface area contributed by atoms with Gasteiger partial charge in [-0.1, -0.05) is 13.8 Å². The summed E-state index contributed by atoms with van der Waals surface area (Å²) in [6.45, 7) is 11.9. The first-order valence-corrected chi connectivity index (χ1v) is 10.1. The van der Waals surface area contributed by atoms with Crippen LogP contribution in [-0.4, -0.2) is 84.4 Å². The maximum Gasteiger partial charge on any atom is 0.239 e. The molecule has 0 aliphatic carbocycles. The Bertz CT molecular complexity index is 435. The van der Waals surface area contributed by atoms with Gasteiger partial charge in [-0.05, 0) is 39.0 Å². The monoisotopic (exact) mass is 352 g/mol. The van der Waals surface area contributed by atoms with Crippen LogP contribution in [0.25, 0.3) is 0 Å². The molecule has 1 N–H and O–H groups in total. The lowest BCUT2D eigenvalue weighted by atomic mass is 9.99. The fourth-order valence-corrected chi connectivity index (χ4v) is 3.94. The lowest BCUT2D eigenvalue weighted by Crippen LogP contribution is -2.57. The molecule has 25 heavy (non-hydrogen) atoms. The van der Waals surface area contributed by atoms with E-state index < -0.39 is 0 Å². The molecule has 2 unspecified atom stereocenters. The number of hydrogen-bond donors (Lipinski definition) is 1. The van der Waals surface area contributed by atoms with Crippen molar-refractivity contribution < 1.29 is 9.59 Å². The van der Waals surface area contributed by atoms with Crippen molar-refractivity contribution in [3.63, 3.8) is 0 Å². The molecule has 2 aliphatic rings. The zero-order chi connectivity index (χ0) is 18.2. The van der Waals surface area contributed by atoms with E-state index in [9.17, 15) is 9.59 Å². The van der Waals surface area contributed by atoms with Crippen molar-refractivity contribution >= 4 is 11.8 Å². The third-order valence-corrected chi connectivity index (χ3v) is 5.63. The third-order valence-electron chi connectivity index (χ3n) is 5.63. The summed E-state index contributed by atoms with van der Waals surface area (Å²) < 4.78 is 0. The van der Waals surface area contributed by atoms with Crippen LogP contribution >= 0.6 is 0 Å². The maximum atomic E-state index is 13.0. The van der Waals surface area contributed by atoms with Gasteiger partial charge in [0.2, 0.25) is 11.8 Å². The molecule has 2 atom stereocenters. The first-order valence-electron chi connectivity index (χ1n) is 10.1. The van der Waals surface area contributed by atoms with E-state index in [2.05, 4.69) is 33.9 Å². The van der Waals surface area contributed by atoms with Crippen molar-refractivity contribution in [1.82, 2.24) is 20.0 Å². The van der Waals surface area contributed by atoms with Gasteiger partial charge < -0.3 is 10.2 Å². The third kappa shape index (κ3) is 5.68. The largest absolute Gasteiger partial charge is 0.355 e. The quantitative estimate of drug-likeness (QED) is 0.751. The molecule has 6 heteroatoms. The molecule has 0 aromatic rings. The van der Waals surface area contributed by atoms with Crippen molar-refractivity contribution in [2.75, 3.05) is 45.8 Å². The molecule has 144 valence electrons. The maximum absolute atomic E-state index is 13.0. The Morgan fingerprint density at radius 1 is 1.08 bits per heavy atom. The number of nitrogens with zero attached hydrogens (tertiary/aromatic N) is 3. The van der Waals surface area contributed by atoms with Crippen LogP contribution in [0.2, 0.25) is 0 Å². The lowest BCUT2D eigenvalue weighted by molar-refractivity contribution is -0.141. The van der Waals surface area contributed by atoms with Crippen molar-refractivity contribution in [3.05, 3.63) is 0 Å². The lowest BCUT2D eigenvalue weighted by Gasteiger charge is -2.42. The van der Waals surface area contributed by atoms with Gasteiger partial charge in [-0.3, -0.25) is 19.4 Å². The zero-order valence-electron chi connectivity index (χ0n) is 16.3. The molecule has 0 spiro atoms. The minimum atomic E-state index is -0.0526. The minimum absolute atomic E-state index is 0.0526. The van der Waals surface area contributed by atoms with Crippen LogP contribution in [0.3, 0.4) is 0 Å². The molecule has 2 amide bonds. The average molecular weight is 353 g/mol. The first kappa shape index (κ1) is 20.2. The number of piperazine rings is 1. The molecule has 2 aliphatic heterocycles. The van der Waals surface area contributed by atoms with E-state index in [-0.39, 0.29) is 11.9 Å². The SMILES string of the molecule is CCCNC(=O)CN1CCN(C(C)C(=O)N2CCCCC2CC)CC1. The van der Waals surface area contributed by atoms with Gasteiger partial charge in [-0.25, -0.2) is 0 Å². The highest BCUT2D eigenvalue weighted by Crippen LogP contribution is 2.21. The Hall–Kier alpha value is -1.14. The van der Waals surface area contributed by atoms with Gasteiger partial charge in [0, 0.05) is 45.3 Å². The standard InChI is InChI=1S/C19H36N4O2/c1-4-9-20-18(24)15-21-11-13-22(14-12-21)16(3)19(25)23-10-7-6-8-17(23)5-2/h16-17H,4-15H2,1-3H3,(H,20,24). The van der Waals surface area contributed by atoms with E-state index in [0.717, 1.165) is 65.0 Å². The van der Waals surface area contributed by atoms with Gasteiger partial charge in [0.05, 0.1) is 12.6 Å². The summed E-state index contributed by atoms with van der Waals surface area (Å²) in [4.78, 5) is 31.4. The van der Waals surface area contributed by atoms with E-state index >= 15 is 0 Å². The number of hydrogen-bond acceptors (Lipinski definition) is 4. The van der Waals surface area contributed by atoms with Gasteiger partial charge in [-0.2, -0.15) is 0 Å². The second-order valence-corrected chi connectivity index (χ2v) is 7.43. The second kappa shape index (κ2) is 10.1. The number of piperidine rings is 1. The Morgan fingerprint density at radius 3 is 2.44 bits per heavy atom. The van der Waals surface area contributed by atoms with Crippen LogP contribution in [0.15, 0.2) is 0 Å². The number of carbonyl (C=O) groups excluding carboxylic acids is 2. The highest BCUT2D eigenvalue weighted by Gasteiger charge is 2.32. The number of nitrogens with one attached hydrogen (secondary N) is 1. The molecule has 0 aromatic carbocycles. The van der Waals surface area contributed by atoms with Crippen molar-refractivity contribution in [1.29, 1.82) is 0 Å². The van der Waals surface area contributed by atoms with Gasteiger partial charge >= 0.3 is 0 Å². The van der Waals surface area contributed by atoms with Crippen LogP contribution < -0.4 is 5.32 Å². The molecule has 0 radical (unpaired) electrons. The minimum Gasteiger partial charge on any atom is -0.355 e. The van der Waals surface area contributed by atoms with Crippen LogP contribution in [0, 0.1) is 0 Å². The Labute approximate surface area is 152 Å². The van der Waals surface area contributed by atoms with Crippen LogP contribution in [0.4, 0.5) is 0 Å². The normalized spacial score (nSPS) is 24.1. The van der Waals surface area contributed by atoms with E-state index in [4.69, 9.17) is 0 Å². The van der Waals surface area contributed by atoms with E-state index in [1.165, 1.54) is 6.42 Å². The zero-order valence-corrected chi connectivity index (χ0v) is 16.3. The summed E-state index contributed by atoms with van der Waals surface area (Å²) in [6.07, 6.45) is 5.55. The molecule has 2 saturated heterocycles. The summed E-state index contributed by atoms with van der Waals surface area (Å²) in [7, 11) is 0. The summed E-state index contributed by atoms with van der Waals surface area (Å²) >= 11 is 0. The molecule has 0 aromatic heterocycles. The molecule has 2 heterocycles. The van der Waals surface area contributed by atoms with E-state index in [0.29, 0.717) is 18.5 Å². The van der Waals surface area contributed by atoms with Crippen LogP contribution in [0.1, 0.15) is 52.9 Å². The van der Waals surface area contributed by atoms with Crippen LogP contribution in [-0.2, 0) is 9.59 Å². The highest BCUT2D eigenvalue weighted by molar-refractivity contribution is 5.82. The smallest absolute Gasteiger partial charge is 0.239 e. The van der Waals surface area contributed by atoms with Crippen molar-refractivity contribution in [2.24, 2.45) is 0 Å². The van der Waals surface area contributed by atoms with Gasteiger partial charge in [0.25, 0.3) is 0 Å². The second-order valence-electron chi connectivity index (χ2n) is 7.43. The summed E-state index contributed by atoms with van der Waals surface area (Å²) in [5, 5.41) is 2.93. The summed E-state index contributed by atoms with van der Waals surface area (Å²) in [6, 6.07) is 0.371. The molecule has 2 rings (SSSR count). The summed E-state index contributed by atoms with van der Waals surface area (Å²) in [5.41, 5.74) is 0. The Morgan fingerprint density at radius 2 is 1.80 bits per heavy atom. The Balaban J connectivity index is 1.79. The molecular weight excluding hydrogens is 316 g/mol. The number of likely N-dealkylation sites (tertiary alicyclic amines) is 1. The van der Waals surface area contributed by atoms with Gasteiger partial charge in [0.15, 0.2) is 0 Å². The van der Waals surface area contributed by atoms with Crippen molar-refractivity contribution in [2.45, 2.75) is 65.0 Å².